The number of benzene rings is 1. The molecule has 0 aliphatic rings. The number of aromatic nitrogens is 2. The van der Waals surface area contributed by atoms with Crippen LogP contribution in [0.2, 0.25) is 0 Å². The maximum absolute atomic E-state index is 5.67. The normalized spacial score (nSPS) is 10.2. The van der Waals surface area contributed by atoms with Crippen molar-refractivity contribution >= 4 is 11.3 Å². The molecule has 0 saturated heterocycles. The predicted molar refractivity (Wildman–Crippen MR) is 71.9 cm³/mol. The second kappa shape index (κ2) is 4.98. The molecule has 3 rings (SSSR count). The summed E-state index contributed by atoms with van der Waals surface area (Å²) in [5, 5.41) is 2.02. The number of nitrogens with zero attached hydrogens (tertiary/aromatic N) is 2. The van der Waals surface area contributed by atoms with E-state index in [1.165, 1.54) is 6.33 Å². The standard InChI is InChI=1S/C14H10N2OS/c1-2-5-11(6-3-1)17-14-9-12(15-10-16-14)13-7-4-8-18-13/h1-10H. The van der Waals surface area contributed by atoms with Crippen molar-refractivity contribution in [1.29, 1.82) is 0 Å². The smallest absolute Gasteiger partial charge is 0.222 e. The first-order valence-corrected chi connectivity index (χ1v) is 6.38. The highest BCUT2D eigenvalue weighted by Crippen LogP contribution is 2.26. The van der Waals surface area contributed by atoms with Gasteiger partial charge in [-0.05, 0) is 23.6 Å². The molecular formula is C14H10N2OS. The average molecular weight is 254 g/mol. The molecule has 0 aliphatic carbocycles. The van der Waals surface area contributed by atoms with Crippen molar-refractivity contribution in [2.45, 2.75) is 0 Å². The van der Waals surface area contributed by atoms with Crippen LogP contribution < -0.4 is 4.74 Å². The molecule has 0 spiro atoms. The lowest BCUT2D eigenvalue weighted by Crippen LogP contribution is -1.90. The minimum absolute atomic E-state index is 0.555. The summed E-state index contributed by atoms with van der Waals surface area (Å²) < 4.78 is 5.67. The maximum Gasteiger partial charge on any atom is 0.222 e. The second-order valence-corrected chi connectivity index (χ2v) is 4.58. The fraction of sp³-hybridized carbons (Fsp3) is 0. The number of ether oxygens (including phenoxy) is 1. The Morgan fingerprint density at radius 2 is 1.83 bits per heavy atom. The predicted octanol–water partition coefficient (Wildman–Crippen LogP) is 4.00. The Morgan fingerprint density at radius 3 is 2.61 bits per heavy atom. The molecule has 2 aromatic heterocycles. The van der Waals surface area contributed by atoms with E-state index >= 15 is 0 Å². The molecule has 0 radical (unpaired) electrons. The summed E-state index contributed by atoms with van der Waals surface area (Å²) >= 11 is 1.65. The van der Waals surface area contributed by atoms with Crippen LogP contribution in [0.4, 0.5) is 0 Å². The van der Waals surface area contributed by atoms with Crippen molar-refractivity contribution in [3.63, 3.8) is 0 Å². The summed E-state index contributed by atoms with van der Waals surface area (Å²) in [7, 11) is 0. The van der Waals surface area contributed by atoms with Crippen LogP contribution in [0.3, 0.4) is 0 Å². The van der Waals surface area contributed by atoms with Crippen LogP contribution >= 0.6 is 11.3 Å². The molecular weight excluding hydrogens is 244 g/mol. The molecule has 0 saturated carbocycles. The van der Waals surface area contributed by atoms with E-state index in [9.17, 15) is 0 Å². The minimum atomic E-state index is 0.555. The van der Waals surface area contributed by atoms with Gasteiger partial charge in [-0.1, -0.05) is 24.3 Å². The van der Waals surface area contributed by atoms with Gasteiger partial charge in [0.1, 0.15) is 12.1 Å². The first-order chi connectivity index (χ1) is 8.92. The molecule has 0 unspecified atom stereocenters. The van der Waals surface area contributed by atoms with Crippen LogP contribution in [0.1, 0.15) is 0 Å². The van der Waals surface area contributed by atoms with Crippen LogP contribution in [-0.2, 0) is 0 Å². The van der Waals surface area contributed by atoms with Crippen molar-refractivity contribution in [2.75, 3.05) is 0 Å². The molecule has 0 atom stereocenters. The number of hydrogen-bond acceptors (Lipinski definition) is 4. The highest BCUT2D eigenvalue weighted by Gasteiger charge is 2.04. The highest BCUT2D eigenvalue weighted by molar-refractivity contribution is 7.13. The average Bonchev–Trinajstić information content (AvgIpc) is 2.94. The molecule has 0 amide bonds. The van der Waals surface area contributed by atoms with Gasteiger partial charge in [0.05, 0.1) is 10.6 Å². The van der Waals surface area contributed by atoms with E-state index in [1.54, 1.807) is 11.3 Å². The highest BCUT2D eigenvalue weighted by atomic mass is 32.1. The van der Waals surface area contributed by atoms with E-state index in [0.717, 1.165) is 16.3 Å². The van der Waals surface area contributed by atoms with Crippen LogP contribution in [0.5, 0.6) is 11.6 Å². The molecule has 88 valence electrons. The van der Waals surface area contributed by atoms with Gasteiger partial charge in [-0.25, -0.2) is 9.97 Å². The van der Waals surface area contributed by atoms with Crippen LogP contribution in [-0.4, -0.2) is 9.97 Å². The van der Waals surface area contributed by atoms with Gasteiger partial charge in [-0.2, -0.15) is 0 Å². The lowest BCUT2D eigenvalue weighted by Gasteiger charge is -2.04. The Hall–Kier alpha value is -2.20. The van der Waals surface area contributed by atoms with E-state index in [-0.39, 0.29) is 0 Å². The third-order valence-corrected chi connectivity index (χ3v) is 3.27. The lowest BCUT2D eigenvalue weighted by atomic mass is 10.3. The van der Waals surface area contributed by atoms with Crippen molar-refractivity contribution in [1.82, 2.24) is 9.97 Å². The number of rotatable bonds is 3. The Morgan fingerprint density at radius 1 is 0.944 bits per heavy atom. The zero-order chi connectivity index (χ0) is 12.2. The molecule has 18 heavy (non-hydrogen) atoms. The van der Waals surface area contributed by atoms with Crippen LogP contribution in [0.15, 0.2) is 60.2 Å². The van der Waals surface area contributed by atoms with Crippen molar-refractivity contribution in [3.8, 4) is 22.2 Å². The van der Waals surface area contributed by atoms with Gasteiger partial charge in [-0.15, -0.1) is 11.3 Å². The zero-order valence-corrected chi connectivity index (χ0v) is 10.3. The molecule has 0 bridgehead atoms. The summed E-state index contributed by atoms with van der Waals surface area (Å²) in [6.45, 7) is 0. The summed E-state index contributed by atoms with van der Waals surface area (Å²) in [6, 6.07) is 15.5. The van der Waals surface area contributed by atoms with E-state index in [1.807, 2.05) is 53.9 Å². The Kier molecular flexibility index (Phi) is 3.02. The second-order valence-electron chi connectivity index (χ2n) is 3.63. The van der Waals surface area contributed by atoms with Gasteiger partial charge >= 0.3 is 0 Å². The maximum atomic E-state index is 5.67. The molecule has 4 heteroatoms. The fourth-order valence-corrected chi connectivity index (χ4v) is 2.26. The molecule has 0 N–H and O–H groups in total. The lowest BCUT2D eigenvalue weighted by molar-refractivity contribution is 0.462. The number of hydrogen-bond donors (Lipinski definition) is 0. The third kappa shape index (κ3) is 2.38. The SMILES string of the molecule is c1ccc(Oc2cc(-c3cccs3)ncn2)cc1. The van der Waals surface area contributed by atoms with Gasteiger partial charge in [0, 0.05) is 6.07 Å². The van der Waals surface area contributed by atoms with Crippen molar-refractivity contribution < 1.29 is 4.74 Å². The molecule has 1 aromatic carbocycles. The first-order valence-electron chi connectivity index (χ1n) is 5.51. The molecule has 0 aliphatic heterocycles. The van der Waals surface area contributed by atoms with Gasteiger partial charge in [0.2, 0.25) is 5.88 Å². The van der Waals surface area contributed by atoms with Gasteiger partial charge in [0.15, 0.2) is 0 Å². The summed E-state index contributed by atoms with van der Waals surface area (Å²) in [4.78, 5) is 9.47. The monoisotopic (exact) mass is 254 g/mol. The summed E-state index contributed by atoms with van der Waals surface area (Å²) in [5.74, 6) is 1.33. The van der Waals surface area contributed by atoms with Crippen molar-refractivity contribution in [2.24, 2.45) is 0 Å². The molecule has 3 aromatic rings. The largest absolute Gasteiger partial charge is 0.439 e. The minimum Gasteiger partial charge on any atom is -0.439 e. The zero-order valence-electron chi connectivity index (χ0n) is 9.48. The third-order valence-electron chi connectivity index (χ3n) is 2.38. The van der Waals surface area contributed by atoms with Crippen molar-refractivity contribution in [3.05, 3.63) is 60.2 Å². The number of para-hydroxylation sites is 1. The van der Waals surface area contributed by atoms with E-state index in [0.29, 0.717) is 5.88 Å². The van der Waals surface area contributed by atoms with Crippen LogP contribution in [0, 0.1) is 0 Å². The fourth-order valence-electron chi connectivity index (χ4n) is 1.56. The first kappa shape index (κ1) is 10.9. The Bertz CT molecular complexity index is 623. The molecule has 0 fully saturated rings. The van der Waals surface area contributed by atoms with Gasteiger partial charge < -0.3 is 4.74 Å². The van der Waals surface area contributed by atoms with Gasteiger partial charge in [-0.3, -0.25) is 0 Å². The Labute approximate surface area is 109 Å². The summed E-state index contributed by atoms with van der Waals surface area (Å²) in [5.41, 5.74) is 0.880. The molecule has 2 heterocycles. The van der Waals surface area contributed by atoms with Crippen LogP contribution in [0.25, 0.3) is 10.6 Å². The quantitative estimate of drug-likeness (QED) is 0.708. The van der Waals surface area contributed by atoms with E-state index in [2.05, 4.69) is 9.97 Å². The molecule has 3 nitrogen and oxygen atoms in total. The summed E-state index contributed by atoms with van der Waals surface area (Å²) in [6.07, 6.45) is 1.52. The van der Waals surface area contributed by atoms with Gasteiger partial charge in [0.25, 0.3) is 0 Å². The van der Waals surface area contributed by atoms with E-state index in [4.69, 9.17) is 4.74 Å². The Balaban J connectivity index is 1.88. The van der Waals surface area contributed by atoms with E-state index < -0.39 is 0 Å². The topological polar surface area (TPSA) is 35.0 Å². The number of thiophene rings is 1.